The maximum Gasteiger partial charge on any atom is 0.246 e. The van der Waals surface area contributed by atoms with E-state index in [0.29, 0.717) is 5.02 Å². The van der Waals surface area contributed by atoms with Gasteiger partial charge in [-0.1, -0.05) is 11.6 Å². The second-order valence-electron chi connectivity index (χ2n) is 5.48. The third-order valence-electron chi connectivity index (χ3n) is 3.71. The molecule has 0 bridgehead atoms. The fraction of sp³-hybridized carbons (Fsp3) is 0.533. The van der Waals surface area contributed by atoms with Crippen LogP contribution in [0, 0.1) is 5.92 Å². The van der Waals surface area contributed by atoms with E-state index < -0.39 is 0 Å². The van der Waals surface area contributed by atoms with Gasteiger partial charge in [-0.25, -0.2) is 0 Å². The lowest BCUT2D eigenvalue weighted by molar-refractivity contribution is -0.117. The minimum absolute atomic E-state index is 0.0128. The third-order valence-corrected chi connectivity index (χ3v) is 3.94. The Kier molecular flexibility index (Phi) is 4.24. The fourth-order valence-corrected chi connectivity index (χ4v) is 2.57. The summed E-state index contributed by atoms with van der Waals surface area (Å²) in [5.41, 5.74) is 1.78. The van der Waals surface area contributed by atoms with Crippen molar-refractivity contribution in [3.05, 3.63) is 28.8 Å². The summed E-state index contributed by atoms with van der Waals surface area (Å²) in [4.78, 5) is 11.9. The number of amides is 1. The van der Waals surface area contributed by atoms with Gasteiger partial charge in [-0.3, -0.25) is 4.79 Å². The number of ether oxygens (including phenoxy) is 1. The van der Waals surface area contributed by atoms with E-state index >= 15 is 0 Å². The molecule has 1 aromatic rings. The Labute approximate surface area is 123 Å². The number of hydrogen-bond acceptors (Lipinski definition) is 3. The van der Waals surface area contributed by atoms with Crippen molar-refractivity contribution in [3.8, 4) is 0 Å². The topological polar surface area (TPSA) is 50.4 Å². The SMILES string of the molecule is O=C1Nc2ccc(Cl)cc2C1NCCCOCC1CC1. The maximum absolute atomic E-state index is 11.9. The van der Waals surface area contributed by atoms with Crippen LogP contribution in [0.15, 0.2) is 18.2 Å². The molecular formula is C15H19ClN2O2. The summed E-state index contributed by atoms with van der Waals surface area (Å²) in [6.07, 6.45) is 3.54. The number of halogens is 1. The van der Waals surface area contributed by atoms with Crippen molar-refractivity contribution in [2.24, 2.45) is 5.92 Å². The molecule has 20 heavy (non-hydrogen) atoms. The molecule has 2 N–H and O–H groups in total. The Bertz CT molecular complexity index is 503. The van der Waals surface area contributed by atoms with Crippen LogP contribution in [0.3, 0.4) is 0 Å². The standard InChI is InChI=1S/C15H19ClN2O2/c16-11-4-5-13-12(8-11)14(15(19)18-13)17-6-1-7-20-9-10-2-3-10/h4-5,8,10,14,17H,1-3,6-7,9H2,(H,18,19). The lowest BCUT2D eigenvalue weighted by Crippen LogP contribution is -2.28. The summed E-state index contributed by atoms with van der Waals surface area (Å²) in [6.45, 7) is 2.40. The molecule has 1 aromatic carbocycles. The summed E-state index contributed by atoms with van der Waals surface area (Å²) < 4.78 is 5.58. The van der Waals surface area contributed by atoms with Crippen LogP contribution in [-0.4, -0.2) is 25.7 Å². The van der Waals surface area contributed by atoms with Gasteiger partial charge >= 0.3 is 0 Å². The highest BCUT2D eigenvalue weighted by atomic mass is 35.5. The molecule has 1 amide bonds. The molecule has 3 rings (SSSR count). The van der Waals surface area contributed by atoms with Gasteiger partial charge in [-0.05, 0) is 49.9 Å². The van der Waals surface area contributed by atoms with Crippen LogP contribution in [0.4, 0.5) is 5.69 Å². The van der Waals surface area contributed by atoms with Crippen LogP contribution >= 0.6 is 11.6 Å². The van der Waals surface area contributed by atoms with E-state index in [-0.39, 0.29) is 11.9 Å². The number of nitrogens with one attached hydrogen (secondary N) is 2. The van der Waals surface area contributed by atoms with Gasteiger partial charge in [0.2, 0.25) is 5.91 Å². The van der Waals surface area contributed by atoms with Crippen LogP contribution in [0.25, 0.3) is 0 Å². The first-order valence-corrected chi connectivity index (χ1v) is 7.53. The van der Waals surface area contributed by atoms with Crippen LogP contribution in [0.5, 0.6) is 0 Å². The number of rotatable bonds is 7. The largest absolute Gasteiger partial charge is 0.381 e. The molecule has 1 saturated carbocycles. The monoisotopic (exact) mass is 294 g/mol. The van der Waals surface area contributed by atoms with Gasteiger partial charge in [-0.15, -0.1) is 0 Å². The zero-order chi connectivity index (χ0) is 13.9. The summed E-state index contributed by atoms with van der Waals surface area (Å²) in [6, 6.07) is 5.17. The first kappa shape index (κ1) is 13.9. The molecule has 0 spiro atoms. The van der Waals surface area contributed by atoms with Crippen molar-refractivity contribution in [2.75, 3.05) is 25.1 Å². The van der Waals surface area contributed by atoms with E-state index in [1.807, 2.05) is 12.1 Å². The van der Waals surface area contributed by atoms with Gasteiger partial charge in [0, 0.05) is 29.5 Å². The molecule has 0 aromatic heterocycles. The van der Waals surface area contributed by atoms with E-state index in [1.54, 1.807) is 6.07 Å². The first-order valence-electron chi connectivity index (χ1n) is 7.15. The van der Waals surface area contributed by atoms with Crippen LogP contribution < -0.4 is 10.6 Å². The van der Waals surface area contributed by atoms with Gasteiger partial charge in [0.25, 0.3) is 0 Å². The van der Waals surface area contributed by atoms with Crippen molar-refractivity contribution in [3.63, 3.8) is 0 Å². The average molecular weight is 295 g/mol. The molecule has 1 unspecified atom stereocenters. The first-order chi connectivity index (χ1) is 9.74. The van der Waals surface area contributed by atoms with E-state index in [9.17, 15) is 4.79 Å². The molecule has 0 radical (unpaired) electrons. The predicted octanol–water partition coefficient (Wildman–Crippen LogP) is 2.74. The molecule has 108 valence electrons. The van der Waals surface area contributed by atoms with Gasteiger partial charge < -0.3 is 15.4 Å². The lowest BCUT2D eigenvalue weighted by Gasteiger charge is -2.11. The van der Waals surface area contributed by atoms with Crippen molar-refractivity contribution < 1.29 is 9.53 Å². The third kappa shape index (κ3) is 3.32. The molecule has 2 aliphatic rings. The zero-order valence-corrected chi connectivity index (χ0v) is 12.1. The maximum atomic E-state index is 11.9. The van der Waals surface area contributed by atoms with Gasteiger partial charge in [0.05, 0.1) is 0 Å². The van der Waals surface area contributed by atoms with Crippen molar-refractivity contribution in [2.45, 2.75) is 25.3 Å². The number of carbonyl (C=O) groups is 1. The summed E-state index contributed by atoms with van der Waals surface area (Å²) in [5, 5.41) is 6.78. The highest BCUT2D eigenvalue weighted by Gasteiger charge is 2.29. The Balaban J connectivity index is 1.45. The molecule has 0 saturated heterocycles. The Morgan fingerprint density at radius 1 is 1.40 bits per heavy atom. The Hall–Kier alpha value is -1.10. The molecule has 1 atom stereocenters. The van der Waals surface area contributed by atoms with Crippen LogP contribution in [0.1, 0.15) is 30.9 Å². The molecule has 1 aliphatic heterocycles. The van der Waals surface area contributed by atoms with E-state index in [0.717, 1.165) is 43.3 Å². The second kappa shape index (κ2) is 6.12. The summed E-state index contributed by atoms with van der Waals surface area (Å²) >= 11 is 5.99. The Morgan fingerprint density at radius 3 is 3.05 bits per heavy atom. The average Bonchev–Trinajstić information content (AvgIpc) is 3.19. The smallest absolute Gasteiger partial charge is 0.246 e. The normalized spacial score (nSPS) is 20.9. The van der Waals surface area contributed by atoms with Crippen molar-refractivity contribution in [1.82, 2.24) is 5.32 Å². The number of benzene rings is 1. The fourth-order valence-electron chi connectivity index (χ4n) is 2.39. The lowest BCUT2D eigenvalue weighted by atomic mass is 10.1. The molecule has 1 fully saturated rings. The molecular weight excluding hydrogens is 276 g/mol. The Morgan fingerprint density at radius 2 is 2.25 bits per heavy atom. The number of fused-ring (bicyclic) bond motifs is 1. The summed E-state index contributed by atoms with van der Waals surface area (Å²) in [7, 11) is 0. The number of carbonyl (C=O) groups excluding carboxylic acids is 1. The molecule has 1 heterocycles. The van der Waals surface area contributed by atoms with Gasteiger partial charge in [0.15, 0.2) is 0 Å². The minimum Gasteiger partial charge on any atom is -0.381 e. The van der Waals surface area contributed by atoms with E-state index in [1.165, 1.54) is 12.8 Å². The predicted molar refractivity (Wildman–Crippen MR) is 79.0 cm³/mol. The van der Waals surface area contributed by atoms with Crippen molar-refractivity contribution in [1.29, 1.82) is 0 Å². The molecule has 4 nitrogen and oxygen atoms in total. The zero-order valence-electron chi connectivity index (χ0n) is 11.3. The minimum atomic E-state index is -0.299. The summed E-state index contributed by atoms with van der Waals surface area (Å²) in [5.74, 6) is 0.791. The quantitative estimate of drug-likeness (QED) is 0.760. The highest BCUT2D eigenvalue weighted by molar-refractivity contribution is 6.31. The van der Waals surface area contributed by atoms with Gasteiger partial charge in [-0.2, -0.15) is 0 Å². The number of anilines is 1. The molecule has 1 aliphatic carbocycles. The van der Waals surface area contributed by atoms with E-state index in [4.69, 9.17) is 16.3 Å². The second-order valence-corrected chi connectivity index (χ2v) is 5.92. The van der Waals surface area contributed by atoms with Gasteiger partial charge in [0.1, 0.15) is 6.04 Å². The van der Waals surface area contributed by atoms with Crippen LogP contribution in [0.2, 0.25) is 5.02 Å². The van der Waals surface area contributed by atoms with E-state index in [2.05, 4.69) is 10.6 Å². The van der Waals surface area contributed by atoms with Crippen molar-refractivity contribution >= 4 is 23.2 Å². The highest BCUT2D eigenvalue weighted by Crippen LogP contribution is 2.32. The molecule has 5 heteroatoms. The van der Waals surface area contributed by atoms with Crippen LogP contribution in [-0.2, 0) is 9.53 Å². The number of hydrogen-bond donors (Lipinski definition) is 2.